The maximum Gasteiger partial charge on any atom is 0.275 e. The summed E-state index contributed by atoms with van der Waals surface area (Å²) in [5.74, 6) is 0. The van der Waals surface area contributed by atoms with E-state index in [0.717, 1.165) is 32.9 Å². The molecule has 0 saturated carbocycles. The van der Waals surface area contributed by atoms with Crippen LogP contribution in [0.25, 0.3) is 38.6 Å². The zero-order chi connectivity index (χ0) is 19.3. The van der Waals surface area contributed by atoms with Gasteiger partial charge in [0.15, 0.2) is 0 Å². The molecule has 5 rings (SSSR count). The van der Waals surface area contributed by atoms with Crippen LogP contribution >= 0.6 is 11.6 Å². The molecule has 28 heavy (non-hydrogen) atoms. The van der Waals surface area contributed by atoms with Gasteiger partial charge in [0.2, 0.25) is 0 Å². The van der Waals surface area contributed by atoms with E-state index >= 15 is 0 Å². The molecule has 0 fully saturated rings. The zero-order valence-corrected chi connectivity index (χ0v) is 16.0. The molecule has 0 bridgehead atoms. The van der Waals surface area contributed by atoms with Gasteiger partial charge in [-0.25, -0.2) is 0 Å². The molecular weight excluding hydrogens is 368 g/mol. The van der Waals surface area contributed by atoms with Gasteiger partial charge >= 0.3 is 0 Å². The van der Waals surface area contributed by atoms with Gasteiger partial charge in [-0.3, -0.25) is 4.79 Å². The molecule has 0 radical (unpaired) electrons. The summed E-state index contributed by atoms with van der Waals surface area (Å²) in [6, 6.07) is 25.8. The van der Waals surface area contributed by atoms with Gasteiger partial charge in [-0.2, -0.15) is 0 Å². The molecule has 0 aliphatic rings. The van der Waals surface area contributed by atoms with Gasteiger partial charge in [0.05, 0.1) is 11.0 Å². The Morgan fingerprint density at radius 1 is 0.821 bits per heavy atom. The third-order valence-electron chi connectivity index (χ3n) is 5.23. The van der Waals surface area contributed by atoms with Crippen LogP contribution in [-0.4, -0.2) is 9.13 Å². The first-order chi connectivity index (χ1) is 13.6. The molecule has 0 unspecified atom stereocenters. The van der Waals surface area contributed by atoms with E-state index in [4.69, 9.17) is 11.6 Å². The molecular formula is C24H17ClN2O. The topological polar surface area (TPSA) is 26.9 Å². The molecule has 2 aromatic heterocycles. The molecule has 0 N–H and O–H groups in total. The Morgan fingerprint density at radius 3 is 2.39 bits per heavy atom. The van der Waals surface area contributed by atoms with Crippen molar-refractivity contribution in [2.24, 2.45) is 7.05 Å². The number of hydrogen-bond donors (Lipinski definition) is 0. The Morgan fingerprint density at radius 2 is 1.57 bits per heavy atom. The van der Waals surface area contributed by atoms with Crippen molar-refractivity contribution in [2.75, 3.05) is 0 Å². The molecule has 0 saturated heterocycles. The Balaban J connectivity index is 1.98. The van der Waals surface area contributed by atoms with Crippen LogP contribution in [0.15, 0.2) is 89.9 Å². The molecule has 4 heteroatoms. The standard InChI is InChI=1S/C24H17ClN2O/c1-26-21-10-6-5-9-19(21)22(16-7-3-2-4-8-16)23(24(26)28)27-14-13-17-15-18(25)11-12-20(17)27/h2-15H,1H3. The lowest BCUT2D eigenvalue weighted by Crippen LogP contribution is -2.23. The first-order valence-corrected chi connectivity index (χ1v) is 9.47. The van der Waals surface area contributed by atoms with Crippen molar-refractivity contribution in [3.63, 3.8) is 0 Å². The lowest BCUT2D eigenvalue weighted by Gasteiger charge is -2.17. The summed E-state index contributed by atoms with van der Waals surface area (Å²) in [5, 5.41) is 2.73. The number of pyridine rings is 1. The Bertz CT molecular complexity index is 1400. The number of fused-ring (bicyclic) bond motifs is 2. The van der Waals surface area contributed by atoms with E-state index in [9.17, 15) is 4.79 Å². The van der Waals surface area contributed by atoms with Crippen molar-refractivity contribution in [3.8, 4) is 16.8 Å². The minimum Gasteiger partial charge on any atom is -0.311 e. The normalized spacial score (nSPS) is 11.4. The smallest absolute Gasteiger partial charge is 0.275 e. The van der Waals surface area contributed by atoms with E-state index in [2.05, 4.69) is 6.07 Å². The molecule has 3 aromatic carbocycles. The molecule has 0 aliphatic carbocycles. The van der Waals surface area contributed by atoms with Crippen molar-refractivity contribution in [3.05, 3.63) is 100 Å². The Labute approximate surface area is 167 Å². The minimum absolute atomic E-state index is 0.0370. The highest BCUT2D eigenvalue weighted by Gasteiger charge is 2.19. The van der Waals surface area contributed by atoms with Crippen LogP contribution in [0.5, 0.6) is 0 Å². The Kier molecular flexibility index (Phi) is 3.85. The van der Waals surface area contributed by atoms with Gasteiger partial charge in [-0.15, -0.1) is 0 Å². The maximum absolute atomic E-state index is 13.5. The van der Waals surface area contributed by atoms with Crippen molar-refractivity contribution in [1.82, 2.24) is 9.13 Å². The highest BCUT2D eigenvalue weighted by Crippen LogP contribution is 2.34. The fraction of sp³-hybridized carbons (Fsp3) is 0.0417. The number of para-hydroxylation sites is 1. The summed E-state index contributed by atoms with van der Waals surface area (Å²) >= 11 is 6.16. The van der Waals surface area contributed by atoms with E-state index in [1.807, 2.05) is 90.6 Å². The second-order valence-electron chi connectivity index (χ2n) is 6.86. The van der Waals surface area contributed by atoms with E-state index < -0.39 is 0 Å². The number of nitrogens with zero attached hydrogens (tertiary/aromatic N) is 2. The van der Waals surface area contributed by atoms with Crippen LogP contribution in [0, 0.1) is 0 Å². The SMILES string of the molecule is Cn1c(=O)c(-n2ccc3cc(Cl)ccc32)c(-c2ccccc2)c2ccccc21. The predicted octanol–water partition coefficient (Wildman–Crippen LogP) is 5.80. The van der Waals surface area contributed by atoms with Crippen LogP contribution in [-0.2, 0) is 7.05 Å². The molecule has 0 atom stereocenters. The highest BCUT2D eigenvalue weighted by atomic mass is 35.5. The number of hydrogen-bond acceptors (Lipinski definition) is 1. The van der Waals surface area contributed by atoms with Gasteiger partial charge < -0.3 is 9.13 Å². The first-order valence-electron chi connectivity index (χ1n) is 9.09. The van der Waals surface area contributed by atoms with E-state index in [1.165, 1.54) is 0 Å². The fourth-order valence-corrected chi connectivity index (χ4v) is 4.09. The number of halogens is 1. The van der Waals surface area contributed by atoms with E-state index in [-0.39, 0.29) is 5.56 Å². The van der Waals surface area contributed by atoms with Crippen molar-refractivity contribution < 1.29 is 0 Å². The Hall–Kier alpha value is -3.30. The maximum atomic E-state index is 13.5. The summed E-state index contributed by atoms with van der Waals surface area (Å²) in [7, 11) is 1.82. The second kappa shape index (κ2) is 6.39. The molecule has 3 nitrogen and oxygen atoms in total. The number of aryl methyl sites for hydroxylation is 1. The third-order valence-corrected chi connectivity index (χ3v) is 5.47. The monoisotopic (exact) mass is 384 g/mol. The van der Waals surface area contributed by atoms with Gasteiger partial charge in [-0.05, 0) is 35.9 Å². The van der Waals surface area contributed by atoms with Crippen molar-refractivity contribution >= 4 is 33.4 Å². The minimum atomic E-state index is -0.0370. The van der Waals surface area contributed by atoms with Gasteiger partial charge in [-0.1, -0.05) is 60.1 Å². The lowest BCUT2D eigenvalue weighted by atomic mass is 9.99. The average molecular weight is 385 g/mol. The van der Waals surface area contributed by atoms with Crippen molar-refractivity contribution in [1.29, 1.82) is 0 Å². The van der Waals surface area contributed by atoms with Crippen LogP contribution in [0.3, 0.4) is 0 Å². The van der Waals surface area contributed by atoms with Crippen LogP contribution in [0.2, 0.25) is 5.02 Å². The second-order valence-corrected chi connectivity index (χ2v) is 7.30. The molecule has 0 aliphatic heterocycles. The molecule has 2 heterocycles. The first kappa shape index (κ1) is 16.8. The zero-order valence-electron chi connectivity index (χ0n) is 15.3. The average Bonchev–Trinajstić information content (AvgIpc) is 3.13. The highest BCUT2D eigenvalue weighted by molar-refractivity contribution is 6.31. The van der Waals surface area contributed by atoms with Gasteiger partial charge in [0.1, 0.15) is 5.69 Å². The van der Waals surface area contributed by atoms with Crippen molar-refractivity contribution in [2.45, 2.75) is 0 Å². The quantitative estimate of drug-likeness (QED) is 0.377. The summed E-state index contributed by atoms with van der Waals surface area (Å²) in [5.41, 5.74) is 4.42. The number of aromatic nitrogens is 2. The van der Waals surface area contributed by atoms with Crippen LogP contribution < -0.4 is 5.56 Å². The number of benzene rings is 3. The van der Waals surface area contributed by atoms with Gasteiger partial charge in [0, 0.05) is 34.6 Å². The van der Waals surface area contributed by atoms with Crippen LogP contribution in [0.4, 0.5) is 0 Å². The largest absolute Gasteiger partial charge is 0.311 e. The summed E-state index contributed by atoms with van der Waals surface area (Å²) in [4.78, 5) is 13.5. The summed E-state index contributed by atoms with van der Waals surface area (Å²) in [6.07, 6.45) is 1.94. The lowest BCUT2D eigenvalue weighted by molar-refractivity contribution is 0.885. The van der Waals surface area contributed by atoms with E-state index in [1.54, 1.807) is 4.57 Å². The van der Waals surface area contributed by atoms with Gasteiger partial charge in [0.25, 0.3) is 5.56 Å². The van der Waals surface area contributed by atoms with Crippen LogP contribution in [0.1, 0.15) is 0 Å². The number of rotatable bonds is 2. The predicted molar refractivity (Wildman–Crippen MR) is 116 cm³/mol. The fourth-order valence-electron chi connectivity index (χ4n) is 3.91. The molecule has 0 amide bonds. The van der Waals surface area contributed by atoms with E-state index in [0.29, 0.717) is 10.7 Å². The molecule has 136 valence electrons. The summed E-state index contributed by atoms with van der Waals surface area (Å²) < 4.78 is 3.70. The molecule has 0 spiro atoms. The third kappa shape index (κ3) is 2.48. The summed E-state index contributed by atoms with van der Waals surface area (Å²) in [6.45, 7) is 0. The molecule has 5 aromatic rings.